The maximum Gasteiger partial charge on any atom is 0.303 e. The second kappa shape index (κ2) is 9.72. The van der Waals surface area contributed by atoms with Crippen molar-refractivity contribution in [3.8, 4) is 17.5 Å². The molecule has 1 fully saturated rings. The van der Waals surface area contributed by atoms with Crippen molar-refractivity contribution in [1.29, 1.82) is 0 Å². The topological polar surface area (TPSA) is 94.0 Å². The molecule has 4 heterocycles. The number of carbonyl (C=O) groups is 1. The van der Waals surface area contributed by atoms with Gasteiger partial charge in [-0.1, -0.05) is 0 Å². The Hall–Kier alpha value is -2.55. The van der Waals surface area contributed by atoms with Gasteiger partial charge in [0.1, 0.15) is 5.75 Å². The predicted octanol–water partition coefficient (Wildman–Crippen LogP) is 3.88. The fourth-order valence-electron chi connectivity index (χ4n) is 4.15. The maximum absolute atomic E-state index is 11.2. The molecule has 2 aromatic rings. The molecule has 8 nitrogen and oxygen atoms in total. The molecule has 0 aliphatic carbocycles. The third-order valence-electron chi connectivity index (χ3n) is 5.90. The summed E-state index contributed by atoms with van der Waals surface area (Å²) in [7, 11) is 1.62. The van der Waals surface area contributed by atoms with Gasteiger partial charge in [0.2, 0.25) is 11.8 Å². The molecular weight excluding hydrogens is 466 g/mol. The van der Waals surface area contributed by atoms with Gasteiger partial charge < -0.3 is 24.2 Å². The Bertz CT molecular complexity index is 933. The van der Waals surface area contributed by atoms with Crippen LogP contribution in [0.3, 0.4) is 0 Å². The van der Waals surface area contributed by atoms with E-state index in [9.17, 15) is 9.90 Å². The van der Waals surface area contributed by atoms with Crippen molar-refractivity contribution in [1.82, 2.24) is 9.97 Å². The first-order valence-corrected chi connectivity index (χ1v) is 11.2. The minimum Gasteiger partial charge on any atom is -0.492 e. The smallest absolute Gasteiger partial charge is 0.303 e. The number of rotatable bonds is 7. The minimum absolute atomic E-state index is 0.0642. The van der Waals surface area contributed by atoms with Crippen LogP contribution in [0, 0.1) is 5.92 Å². The molecule has 0 aromatic carbocycles. The predicted molar refractivity (Wildman–Crippen MR) is 118 cm³/mol. The fraction of sp³-hybridized carbons (Fsp3) is 0.500. The zero-order valence-electron chi connectivity index (χ0n) is 17.4. The van der Waals surface area contributed by atoms with Crippen molar-refractivity contribution in [2.45, 2.75) is 31.6 Å². The Kier molecular flexibility index (Phi) is 6.80. The van der Waals surface area contributed by atoms with Gasteiger partial charge >= 0.3 is 5.97 Å². The van der Waals surface area contributed by atoms with Crippen molar-refractivity contribution in [3.63, 3.8) is 0 Å². The molecule has 2 aromatic heterocycles. The zero-order chi connectivity index (χ0) is 21.8. The second-order valence-electron chi connectivity index (χ2n) is 7.91. The largest absolute Gasteiger partial charge is 0.492 e. The number of ether oxygens (including phenoxy) is 3. The number of piperidine rings is 1. The normalized spacial score (nSPS) is 18.8. The number of nitrogens with zero attached hydrogens (tertiary/aromatic N) is 3. The summed E-state index contributed by atoms with van der Waals surface area (Å²) < 4.78 is 17.8. The summed E-state index contributed by atoms with van der Waals surface area (Å²) in [6.45, 7) is 2.95. The lowest BCUT2D eigenvalue weighted by Gasteiger charge is -2.34. The molecule has 0 radical (unpaired) electrons. The lowest BCUT2D eigenvalue weighted by molar-refractivity contribution is -0.137. The summed E-state index contributed by atoms with van der Waals surface area (Å²) in [5, 5.41) is 9.18. The van der Waals surface area contributed by atoms with Gasteiger partial charge in [0.15, 0.2) is 0 Å². The number of hydrogen-bond donors (Lipinski definition) is 1. The number of aromatic nitrogens is 2. The SMILES string of the molecule is COc1cc(N2CCC(COc3cc4c(cn3)OCCC4CC(=O)O)CC2)c(Br)cn1. The number of halogens is 1. The summed E-state index contributed by atoms with van der Waals surface area (Å²) >= 11 is 3.58. The Balaban J connectivity index is 1.33. The molecule has 0 spiro atoms. The first-order chi connectivity index (χ1) is 15.0. The van der Waals surface area contributed by atoms with Gasteiger partial charge in [0, 0.05) is 42.9 Å². The molecule has 4 rings (SSSR count). The third kappa shape index (κ3) is 5.20. The molecule has 0 saturated carbocycles. The van der Waals surface area contributed by atoms with E-state index in [1.165, 1.54) is 0 Å². The van der Waals surface area contributed by atoms with Gasteiger partial charge in [-0.25, -0.2) is 9.97 Å². The first kappa shape index (κ1) is 21.7. The van der Waals surface area contributed by atoms with E-state index in [1.54, 1.807) is 19.5 Å². The van der Waals surface area contributed by atoms with Crippen LogP contribution >= 0.6 is 15.9 Å². The molecule has 1 atom stereocenters. The first-order valence-electron chi connectivity index (χ1n) is 10.4. The van der Waals surface area contributed by atoms with Crippen LogP contribution in [0.5, 0.6) is 17.5 Å². The van der Waals surface area contributed by atoms with Crippen LogP contribution in [0.2, 0.25) is 0 Å². The second-order valence-corrected chi connectivity index (χ2v) is 8.77. The molecule has 31 heavy (non-hydrogen) atoms. The van der Waals surface area contributed by atoms with E-state index < -0.39 is 5.97 Å². The minimum atomic E-state index is -0.803. The van der Waals surface area contributed by atoms with Crippen molar-refractivity contribution >= 4 is 27.6 Å². The van der Waals surface area contributed by atoms with Gasteiger partial charge in [0.05, 0.1) is 43.1 Å². The van der Waals surface area contributed by atoms with Crippen LogP contribution in [0.15, 0.2) is 29.0 Å². The maximum atomic E-state index is 11.2. The quantitative estimate of drug-likeness (QED) is 0.623. The van der Waals surface area contributed by atoms with E-state index in [0.717, 1.165) is 41.7 Å². The van der Waals surface area contributed by atoms with E-state index in [1.807, 2.05) is 12.1 Å². The van der Waals surface area contributed by atoms with Gasteiger partial charge in [-0.05, 0) is 41.1 Å². The van der Waals surface area contributed by atoms with Crippen LogP contribution in [0.4, 0.5) is 5.69 Å². The van der Waals surface area contributed by atoms with Gasteiger partial charge in [-0.3, -0.25) is 4.79 Å². The van der Waals surface area contributed by atoms with Crippen molar-refractivity contribution in [2.24, 2.45) is 5.92 Å². The number of pyridine rings is 2. The van der Waals surface area contributed by atoms with Gasteiger partial charge in [0.25, 0.3) is 0 Å². The van der Waals surface area contributed by atoms with Crippen LogP contribution in [-0.4, -0.2) is 54.5 Å². The number of methoxy groups -OCH3 is 1. The average Bonchev–Trinajstić information content (AvgIpc) is 2.78. The number of carboxylic acid groups (broad SMARTS) is 1. The van der Waals surface area contributed by atoms with E-state index in [-0.39, 0.29) is 12.3 Å². The van der Waals surface area contributed by atoms with Crippen LogP contribution in [0.25, 0.3) is 0 Å². The number of fused-ring (bicyclic) bond motifs is 1. The highest BCUT2D eigenvalue weighted by Gasteiger charge is 2.26. The lowest BCUT2D eigenvalue weighted by Crippen LogP contribution is -2.35. The van der Waals surface area contributed by atoms with Gasteiger partial charge in [-0.15, -0.1) is 0 Å². The standard InChI is InChI=1S/C22H26BrN3O5/c1-29-20-10-18(17(23)11-24-20)26-5-2-14(3-6-26)13-31-21-9-16-15(8-22(27)28)4-7-30-19(16)12-25-21/h9-12,14-15H,2-8,13H2,1H3,(H,27,28). The molecule has 1 unspecified atom stereocenters. The average molecular weight is 492 g/mol. The van der Waals surface area contributed by atoms with Crippen molar-refractivity contribution in [2.75, 3.05) is 38.3 Å². The summed E-state index contributed by atoms with van der Waals surface area (Å²) in [5.74, 6) is 1.36. The zero-order valence-corrected chi connectivity index (χ0v) is 19.0. The van der Waals surface area contributed by atoms with E-state index in [0.29, 0.717) is 43.1 Å². The molecule has 1 N–H and O–H groups in total. The highest BCUT2D eigenvalue weighted by Crippen LogP contribution is 2.37. The number of anilines is 1. The highest BCUT2D eigenvalue weighted by atomic mass is 79.9. The Morgan fingerprint density at radius 1 is 1.23 bits per heavy atom. The van der Waals surface area contributed by atoms with E-state index >= 15 is 0 Å². The molecule has 2 aliphatic rings. The van der Waals surface area contributed by atoms with Crippen LogP contribution < -0.4 is 19.1 Å². The number of aliphatic carboxylic acids is 1. The number of carboxylic acids is 1. The number of hydrogen-bond acceptors (Lipinski definition) is 7. The van der Waals surface area contributed by atoms with Crippen molar-refractivity contribution in [3.05, 3.63) is 34.6 Å². The summed E-state index contributed by atoms with van der Waals surface area (Å²) in [6.07, 6.45) is 6.21. The fourth-order valence-corrected chi connectivity index (χ4v) is 4.62. The molecule has 1 saturated heterocycles. The Morgan fingerprint density at radius 2 is 2.00 bits per heavy atom. The van der Waals surface area contributed by atoms with Crippen LogP contribution in [-0.2, 0) is 4.79 Å². The van der Waals surface area contributed by atoms with E-state index in [4.69, 9.17) is 14.2 Å². The summed E-state index contributed by atoms with van der Waals surface area (Å²) in [6, 6.07) is 3.80. The highest BCUT2D eigenvalue weighted by molar-refractivity contribution is 9.10. The molecule has 0 bridgehead atoms. The molecular formula is C22H26BrN3O5. The van der Waals surface area contributed by atoms with E-state index in [2.05, 4.69) is 30.8 Å². The Labute approximate surface area is 189 Å². The monoisotopic (exact) mass is 491 g/mol. The summed E-state index contributed by atoms with van der Waals surface area (Å²) in [4.78, 5) is 22.1. The lowest BCUT2D eigenvalue weighted by atomic mass is 9.91. The molecule has 166 valence electrons. The molecule has 0 amide bonds. The van der Waals surface area contributed by atoms with Gasteiger partial charge in [-0.2, -0.15) is 0 Å². The summed E-state index contributed by atoms with van der Waals surface area (Å²) in [5.41, 5.74) is 1.97. The molecule has 9 heteroatoms. The van der Waals surface area contributed by atoms with Crippen LogP contribution in [0.1, 0.15) is 37.2 Å². The molecule has 2 aliphatic heterocycles. The Morgan fingerprint density at radius 3 is 2.74 bits per heavy atom. The third-order valence-corrected chi connectivity index (χ3v) is 6.51. The van der Waals surface area contributed by atoms with Crippen molar-refractivity contribution < 1.29 is 24.1 Å².